The standard InChI is InChI=1S/C12H13F3N2O4/c1-7(2-5-11(18)19)16-10-4-3-8(17(20)21)6-9(10)12(13,14)15/h3-4,6-7,16H,2,5H2,1H3,(H,18,19). The van der Waals surface area contributed by atoms with Crippen LogP contribution in [0.2, 0.25) is 0 Å². The van der Waals surface area contributed by atoms with Gasteiger partial charge >= 0.3 is 12.1 Å². The summed E-state index contributed by atoms with van der Waals surface area (Å²) in [6.45, 7) is 1.53. The molecule has 2 N–H and O–H groups in total. The summed E-state index contributed by atoms with van der Waals surface area (Å²) in [6, 6.07) is 1.86. The molecule has 0 saturated heterocycles. The minimum atomic E-state index is -4.75. The minimum absolute atomic E-state index is 0.129. The molecular weight excluding hydrogens is 293 g/mol. The number of hydrogen-bond acceptors (Lipinski definition) is 4. The number of halogens is 3. The molecule has 1 atom stereocenters. The van der Waals surface area contributed by atoms with Crippen molar-refractivity contribution in [2.75, 3.05) is 5.32 Å². The Hall–Kier alpha value is -2.32. The SMILES string of the molecule is CC(CCC(=O)O)Nc1ccc([N+](=O)[O-])cc1C(F)(F)F. The Balaban J connectivity index is 3.00. The summed E-state index contributed by atoms with van der Waals surface area (Å²) in [5.74, 6) is -1.05. The Labute approximate surface area is 117 Å². The lowest BCUT2D eigenvalue weighted by atomic mass is 10.1. The molecule has 1 aromatic rings. The Morgan fingerprint density at radius 3 is 2.57 bits per heavy atom. The van der Waals surface area contributed by atoms with Crippen LogP contribution < -0.4 is 5.32 Å². The van der Waals surface area contributed by atoms with E-state index in [9.17, 15) is 28.1 Å². The molecule has 1 unspecified atom stereocenters. The number of rotatable bonds is 6. The van der Waals surface area contributed by atoms with Crippen LogP contribution in [-0.2, 0) is 11.0 Å². The van der Waals surface area contributed by atoms with Gasteiger partial charge < -0.3 is 10.4 Å². The molecule has 0 aromatic heterocycles. The third-order valence-electron chi connectivity index (χ3n) is 2.71. The maximum absolute atomic E-state index is 12.9. The average molecular weight is 306 g/mol. The molecule has 0 aliphatic rings. The Morgan fingerprint density at radius 2 is 2.10 bits per heavy atom. The van der Waals surface area contributed by atoms with Gasteiger partial charge in [-0.15, -0.1) is 0 Å². The maximum Gasteiger partial charge on any atom is 0.418 e. The van der Waals surface area contributed by atoms with E-state index in [1.807, 2.05) is 0 Å². The van der Waals surface area contributed by atoms with Crippen molar-refractivity contribution in [1.82, 2.24) is 0 Å². The van der Waals surface area contributed by atoms with Gasteiger partial charge in [-0.3, -0.25) is 14.9 Å². The predicted molar refractivity (Wildman–Crippen MR) is 68.1 cm³/mol. The maximum atomic E-state index is 12.9. The van der Waals surface area contributed by atoms with Crippen LogP contribution in [0.1, 0.15) is 25.3 Å². The lowest BCUT2D eigenvalue weighted by Gasteiger charge is -2.18. The number of carboxylic acids is 1. The van der Waals surface area contributed by atoms with E-state index in [-0.39, 0.29) is 18.5 Å². The van der Waals surface area contributed by atoms with Gasteiger partial charge in [-0.25, -0.2) is 0 Å². The number of benzene rings is 1. The van der Waals surface area contributed by atoms with Gasteiger partial charge in [0.2, 0.25) is 0 Å². The number of nitrogens with zero attached hydrogens (tertiary/aromatic N) is 1. The van der Waals surface area contributed by atoms with Crippen molar-refractivity contribution >= 4 is 17.3 Å². The smallest absolute Gasteiger partial charge is 0.418 e. The highest BCUT2D eigenvalue weighted by Crippen LogP contribution is 2.37. The van der Waals surface area contributed by atoms with Crippen LogP contribution in [0.5, 0.6) is 0 Å². The summed E-state index contributed by atoms with van der Waals surface area (Å²) >= 11 is 0. The first-order chi connectivity index (χ1) is 9.61. The molecule has 1 aromatic carbocycles. The fourth-order valence-corrected chi connectivity index (χ4v) is 1.68. The fourth-order valence-electron chi connectivity index (χ4n) is 1.68. The molecule has 6 nitrogen and oxygen atoms in total. The Bertz CT molecular complexity index is 546. The lowest BCUT2D eigenvalue weighted by Crippen LogP contribution is -2.20. The first-order valence-corrected chi connectivity index (χ1v) is 5.95. The van der Waals surface area contributed by atoms with Gasteiger partial charge in [-0.1, -0.05) is 0 Å². The van der Waals surface area contributed by atoms with E-state index < -0.39 is 34.4 Å². The topological polar surface area (TPSA) is 92.5 Å². The third-order valence-corrected chi connectivity index (χ3v) is 2.71. The van der Waals surface area contributed by atoms with E-state index in [4.69, 9.17) is 5.11 Å². The summed E-state index contributed by atoms with van der Waals surface area (Å²) < 4.78 is 38.7. The monoisotopic (exact) mass is 306 g/mol. The molecule has 0 heterocycles. The number of non-ortho nitro benzene ring substituents is 1. The number of carboxylic acid groups (broad SMARTS) is 1. The Kier molecular flexibility index (Phi) is 5.12. The molecule has 9 heteroatoms. The van der Waals surface area contributed by atoms with Gasteiger partial charge in [0.25, 0.3) is 5.69 Å². The van der Waals surface area contributed by atoms with E-state index in [1.165, 1.54) is 6.92 Å². The fraction of sp³-hybridized carbons (Fsp3) is 0.417. The molecule has 0 saturated carbocycles. The van der Waals surface area contributed by atoms with Crippen molar-refractivity contribution in [2.24, 2.45) is 0 Å². The molecule has 0 aliphatic heterocycles. The van der Waals surface area contributed by atoms with Crippen molar-refractivity contribution in [2.45, 2.75) is 32.0 Å². The Morgan fingerprint density at radius 1 is 1.48 bits per heavy atom. The zero-order valence-corrected chi connectivity index (χ0v) is 11.0. The van der Waals surface area contributed by atoms with E-state index in [1.54, 1.807) is 0 Å². The number of nitro groups is 1. The van der Waals surface area contributed by atoms with Crippen molar-refractivity contribution in [1.29, 1.82) is 0 Å². The van der Waals surface area contributed by atoms with E-state index in [0.717, 1.165) is 12.1 Å². The third kappa shape index (κ3) is 4.93. The van der Waals surface area contributed by atoms with Crippen molar-refractivity contribution in [3.05, 3.63) is 33.9 Å². The van der Waals surface area contributed by atoms with Crippen LogP contribution in [0.4, 0.5) is 24.5 Å². The van der Waals surface area contributed by atoms with Crippen molar-refractivity contribution in [3.8, 4) is 0 Å². The van der Waals surface area contributed by atoms with Gasteiger partial charge in [-0.05, 0) is 19.4 Å². The largest absolute Gasteiger partial charge is 0.481 e. The summed E-state index contributed by atoms with van der Waals surface area (Å²) in [5, 5.41) is 21.6. The van der Waals surface area contributed by atoms with Crippen LogP contribution in [0.25, 0.3) is 0 Å². The molecular formula is C12H13F3N2O4. The normalized spacial score (nSPS) is 12.8. The summed E-state index contributed by atoms with van der Waals surface area (Å²) in [4.78, 5) is 20.1. The van der Waals surface area contributed by atoms with E-state index >= 15 is 0 Å². The molecule has 1 rings (SSSR count). The van der Waals surface area contributed by atoms with Crippen molar-refractivity contribution < 1.29 is 28.0 Å². The van der Waals surface area contributed by atoms with Gasteiger partial charge in [0.15, 0.2) is 0 Å². The number of nitro benzene ring substituents is 1. The van der Waals surface area contributed by atoms with E-state index in [2.05, 4.69) is 5.32 Å². The zero-order chi connectivity index (χ0) is 16.2. The van der Waals surface area contributed by atoms with Gasteiger partial charge in [-0.2, -0.15) is 13.2 Å². The molecule has 21 heavy (non-hydrogen) atoms. The number of nitrogens with one attached hydrogen (secondary N) is 1. The first kappa shape index (κ1) is 16.7. The molecule has 116 valence electrons. The highest BCUT2D eigenvalue weighted by atomic mass is 19.4. The zero-order valence-electron chi connectivity index (χ0n) is 11.0. The number of aliphatic carboxylic acids is 1. The highest BCUT2D eigenvalue weighted by molar-refractivity contribution is 5.66. The van der Waals surface area contributed by atoms with Crippen LogP contribution in [0.3, 0.4) is 0 Å². The number of hydrogen-bond donors (Lipinski definition) is 2. The number of anilines is 1. The van der Waals surface area contributed by atoms with Crippen LogP contribution >= 0.6 is 0 Å². The molecule has 0 spiro atoms. The number of carbonyl (C=O) groups is 1. The second-order valence-corrected chi connectivity index (χ2v) is 4.46. The van der Waals surface area contributed by atoms with Crippen LogP contribution in [0.15, 0.2) is 18.2 Å². The quantitative estimate of drug-likeness (QED) is 0.621. The lowest BCUT2D eigenvalue weighted by molar-refractivity contribution is -0.385. The summed E-state index contributed by atoms with van der Waals surface area (Å²) in [5.41, 5.74) is -2.13. The first-order valence-electron chi connectivity index (χ1n) is 5.95. The van der Waals surface area contributed by atoms with Crippen LogP contribution in [-0.4, -0.2) is 22.0 Å². The second-order valence-electron chi connectivity index (χ2n) is 4.46. The molecule has 0 radical (unpaired) electrons. The van der Waals surface area contributed by atoms with Gasteiger partial charge in [0, 0.05) is 30.3 Å². The van der Waals surface area contributed by atoms with Crippen molar-refractivity contribution in [3.63, 3.8) is 0 Å². The summed E-state index contributed by atoms with van der Waals surface area (Å²) in [6.07, 6.45) is -4.81. The van der Waals surface area contributed by atoms with Gasteiger partial charge in [0.1, 0.15) is 0 Å². The molecule has 0 amide bonds. The predicted octanol–water partition coefficient (Wildman–Crippen LogP) is 3.28. The second kappa shape index (κ2) is 6.42. The highest BCUT2D eigenvalue weighted by Gasteiger charge is 2.35. The summed E-state index contributed by atoms with van der Waals surface area (Å²) in [7, 11) is 0. The molecule has 0 bridgehead atoms. The van der Waals surface area contributed by atoms with Gasteiger partial charge in [0.05, 0.1) is 10.5 Å². The molecule has 0 aliphatic carbocycles. The molecule has 0 fully saturated rings. The van der Waals surface area contributed by atoms with Crippen LogP contribution in [0, 0.1) is 10.1 Å². The minimum Gasteiger partial charge on any atom is -0.481 e. The average Bonchev–Trinajstić information content (AvgIpc) is 2.35. The number of alkyl halides is 3. The van der Waals surface area contributed by atoms with E-state index in [0.29, 0.717) is 6.07 Å².